The number of nitrogens with two attached hydrogens (primary N) is 1. The van der Waals surface area contributed by atoms with Crippen molar-refractivity contribution in [2.45, 2.75) is 12.5 Å². The van der Waals surface area contributed by atoms with E-state index in [-0.39, 0.29) is 6.04 Å². The Labute approximate surface area is 110 Å². The molecule has 0 fully saturated rings. The number of nitrogens with zero attached hydrogens (tertiary/aromatic N) is 1. The van der Waals surface area contributed by atoms with Crippen LogP contribution in [0.25, 0.3) is 10.9 Å². The normalized spacial score (nSPS) is 12.7. The zero-order valence-corrected chi connectivity index (χ0v) is 10.7. The van der Waals surface area contributed by atoms with Crippen LogP contribution in [-0.4, -0.2) is 4.98 Å². The van der Waals surface area contributed by atoms with Gasteiger partial charge in [0.1, 0.15) is 0 Å². The van der Waals surface area contributed by atoms with Crippen LogP contribution >= 0.6 is 11.3 Å². The summed E-state index contributed by atoms with van der Waals surface area (Å²) in [5, 5.41) is 3.25. The van der Waals surface area contributed by atoms with Crippen molar-refractivity contribution in [1.82, 2.24) is 4.98 Å². The molecule has 0 spiro atoms. The molecule has 90 valence electrons. The quantitative estimate of drug-likeness (QED) is 0.776. The van der Waals surface area contributed by atoms with E-state index in [1.54, 1.807) is 11.3 Å². The fourth-order valence-electron chi connectivity index (χ4n) is 2.21. The molecule has 2 aromatic heterocycles. The molecule has 1 unspecified atom stereocenters. The molecule has 2 N–H and O–H groups in total. The highest BCUT2D eigenvalue weighted by molar-refractivity contribution is 7.09. The summed E-state index contributed by atoms with van der Waals surface area (Å²) >= 11 is 1.76. The molecule has 0 aliphatic heterocycles. The first-order valence-corrected chi connectivity index (χ1v) is 6.84. The number of thiophene rings is 1. The van der Waals surface area contributed by atoms with Crippen LogP contribution in [0.5, 0.6) is 0 Å². The number of rotatable bonds is 3. The van der Waals surface area contributed by atoms with Crippen molar-refractivity contribution in [2.24, 2.45) is 5.73 Å². The van der Waals surface area contributed by atoms with Crippen LogP contribution in [0, 0.1) is 0 Å². The van der Waals surface area contributed by atoms with Gasteiger partial charge < -0.3 is 5.73 Å². The van der Waals surface area contributed by atoms with E-state index < -0.39 is 0 Å². The minimum atomic E-state index is 0.0246. The van der Waals surface area contributed by atoms with Gasteiger partial charge in [0.15, 0.2) is 0 Å². The van der Waals surface area contributed by atoms with E-state index in [0.29, 0.717) is 0 Å². The fraction of sp³-hybridized carbons (Fsp3) is 0.133. The molecule has 0 saturated carbocycles. The molecule has 0 radical (unpaired) electrons. The summed E-state index contributed by atoms with van der Waals surface area (Å²) in [6.45, 7) is 0. The molecule has 18 heavy (non-hydrogen) atoms. The van der Waals surface area contributed by atoms with Crippen molar-refractivity contribution in [2.75, 3.05) is 0 Å². The van der Waals surface area contributed by atoms with Crippen molar-refractivity contribution in [3.8, 4) is 0 Å². The Hall–Kier alpha value is -1.71. The van der Waals surface area contributed by atoms with E-state index in [9.17, 15) is 0 Å². The molecule has 3 rings (SSSR count). The molecule has 0 saturated heterocycles. The van der Waals surface area contributed by atoms with Crippen molar-refractivity contribution >= 4 is 22.2 Å². The smallest absolute Gasteiger partial charge is 0.0705 e. The first-order chi connectivity index (χ1) is 8.84. The van der Waals surface area contributed by atoms with Crippen molar-refractivity contribution in [1.29, 1.82) is 0 Å². The van der Waals surface area contributed by atoms with Gasteiger partial charge in [0.25, 0.3) is 0 Å². The minimum Gasteiger partial charge on any atom is -0.324 e. The second-order valence-corrected chi connectivity index (χ2v) is 5.34. The molecule has 2 nitrogen and oxygen atoms in total. The molecule has 1 aromatic carbocycles. The summed E-state index contributed by atoms with van der Waals surface area (Å²) in [5.41, 5.74) is 8.52. The van der Waals surface area contributed by atoms with Crippen LogP contribution < -0.4 is 5.73 Å². The lowest BCUT2D eigenvalue weighted by molar-refractivity contribution is 0.736. The maximum Gasteiger partial charge on any atom is 0.0705 e. The maximum atomic E-state index is 6.33. The zero-order valence-electron chi connectivity index (χ0n) is 9.91. The predicted octanol–water partition coefficient (Wildman–Crippen LogP) is 3.54. The summed E-state index contributed by atoms with van der Waals surface area (Å²) in [5.74, 6) is 0. The average Bonchev–Trinajstić information content (AvgIpc) is 2.91. The van der Waals surface area contributed by atoms with E-state index in [0.717, 1.165) is 17.3 Å². The maximum absolute atomic E-state index is 6.33. The first kappa shape index (κ1) is 11.4. The number of aromatic nitrogens is 1. The summed E-state index contributed by atoms with van der Waals surface area (Å²) in [6, 6.07) is 14.4. The lowest BCUT2D eigenvalue weighted by atomic mass is 9.99. The van der Waals surface area contributed by atoms with Gasteiger partial charge in [-0.25, -0.2) is 0 Å². The van der Waals surface area contributed by atoms with Gasteiger partial charge in [-0.05, 0) is 29.1 Å². The molecule has 3 aromatic rings. The molecular weight excluding hydrogens is 240 g/mol. The number of fused-ring (bicyclic) bond motifs is 1. The van der Waals surface area contributed by atoms with Gasteiger partial charge >= 0.3 is 0 Å². The Kier molecular flexibility index (Phi) is 3.09. The SMILES string of the molecule is NC(Cc1cccs1)c1cccc2ncccc12. The Morgan fingerprint density at radius 3 is 2.89 bits per heavy atom. The van der Waals surface area contributed by atoms with Gasteiger partial charge in [0.2, 0.25) is 0 Å². The lowest BCUT2D eigenvalue weighted by Gasteiger charge is -2.13. The Morgan fingerprint density at radius 1 is 1.11 bits per heavy atom. The van der Waals surface area contributed by atoms with Crippen LogP contribution in [0.4, 0.5) is 0 Å². The Balaban J connectivity index is 1.98. The van der Waals surface area contributed by atoms with Gasteiger partial charge in [-0.3, -0.25) is 4.98 Å². The summed E-state index contributed by atoms with van der Waals surface area (Å²) in [4.78, 5) is 5.69. The second kappa shape index (κ2) is 4.88. The Morgan fingerprint density at radius 2 is 2.06 bits per heavy atom. The molecule has 0 aliphatic rings. The molecule has 0 amide bonds. The average molecular weight is 254 g/mol. The van der Waals surface area contributed by atoms with E-state index in [2.05, 4.69) is 34.6 Å². The summed E-state index contributed by atoms with van der Waals surface area (Å²) in [7, 11) is 0. The number of pyridine rings is 1. The van der Waals surface area contributed by atoms with E-state index in [1.807, 2.05) is 24.4 Å². The van der Waals surface area contributed by atoms with Crippen molar-refractivity contribution in [3.63, 3.8) is 0 Å². The van der Waals surface area contributed by atoms with Crippen molar-refractivity contribution in [3.05, 3.63) is 64.5 Å². The highest BCUT2D eigenvalue weighted by Gasteiger charge is 2.11. The summed E-state index contributed by atoms with van der Waals surface area (Å²) in [6.07, 6.45) is 2.70. The van der Waals surface area contributed by atoms with Crippen LogP contribution in [0.2, 0.25) is 0 Å². The van der Waals surface area contributed by atoms with Gasteiger partial charge in [-0.2, -0.15) is 0 Å². The monoisotopic (exact) mass is 254 g/mol. The summed E-state index contributed by atoms with van der Waals surface area (Å²) < 4.78 is 0. The highest BCUT2D eigenvalue weighted by atomic mass is 32.1. The second-order valence-electron chi connectivity index (χ2n) is 4.31. The third-order valence-electron chi connectivity index (χ3n) is 3.08. The first-order valence-electron chi connectivity index (χ1n) is 5.96. The van der Waals surface area contributed by atoms with E-state index >= 15 is 0 Å². The van der Waals surface area contributed by atoms with Gasteiger partial charge in [0.05, 0.1) is 5.52 Å². The Bertz CT molecular complexity index is 641. The van der Waals surface area contributed by atoms with E-state index in [1.165, 1.54) is 10.4 Å². The largest absolute Gasteiger partial charge is 0.324 e. The molecule has 3 heteroatoms. The van der Waals surface area contributed by atoms with Crippen LogP contribution in [0.1, 0.15) is 16.5 Å². The van der Waals surface area contributed by atoms with Crippen LogP contribution in [-0.2, 0) is 6.42 Å². The molecule has 1 atom stereocenters. The standard InChI is InChI=1S/C15H14N2S/c16-14(10-11-4-3-9-18-11)12-5-1-7-15-13(12)6-2-8-17-15/h1-9,14H,10,16H2. The number of benzene rings is 1. The lowest BCUT2D eigenvalue weighted by Crippen LogP contribution is -2.13. The van der Waals surface area contributed by atoms with Gasteiger partial charge in [-0.1, -0.05) is 24.3 Å². The van der Waals surface area contributed by atoms with Gasteiger partial charge in [0, 0.05) is 28.9 Å². The van der Waals surface area contributed by atoms with Crippen molar-refractivity contribution < 1.29 is 0 Å². The highest BCUT2D eigenvalue weighted by Crippen LogP contribution is 2.25. The molecule has 2 heterocycles. The minimum absolute atomic E-state index is 0.0246. The molecule has 0 aliphatic carbocycles. The number of hydrogen-bond donors (Lipinski definition) is 1. The number of hydrogen-bond acceptors (Lipinski definition) is 3. The third kappa shape index (κ3) is 2.15. The predicted molar refractivity (Wildman–Crippen MR) is 76.7 cm³/mol. The molecular formula is C15H14N2S. The van der Waals surface area contributed by atoms with Crippen LogP contribution in [0.3, 0.4) is 0 Å². The molecule has 0 bridgehead atoms. The van der Waals surface area contributed by atoms with Gasteiger partial charge in [-0.15, -0.1) is 11.3 Å². The van der Waals surface area contributed by atoms with E-state index in [4.69, 9.17) is 5.73 Å². The van der Waals surface area contributed by atoms with Crippen LogP contribution in [0.15, 0.2) is 54.0 Å². The zero-order chi connectivity index (χ0) is 12.4. The third-order valence-corrected chi connectivity index (χ3v) is 3.98. The topological polar surface area (TPSA) is 38.9 Å². The fourth-order valence-corrected chi connectivity index (χ4v) is 2.97.